The number of likely N-dealkylation sites (tertiary alicyclic amines) is 2. The van der Waals surface area contributed by atoms with Crippen molar-refractivity contribution in [2.75, 3.05) is 33.3 Å². The molecule has 5 aromatic rings. The van der Waals surface area contributed by atoms with Gasteiger partial charge in [0.05, 0.1) is 49.7 Å². The van der Waals surface area contributed by atoms with Crippen LogP contribution < -0.4 is 10.5 Å². The van der Waals surface area contributed by atoms with Gasteiger partial charge in [-0.05, 0) is 61.3 Å². The molecule has 3 aliphatic rings. The molecule has 14 heteroatoms. The largest absolute Gasteiger partial charge is 0.494 e. The maximum absolute atomic E-state index is 14.8. The topological polar surface area (TPSA) is 143 Å². The minimum atomic E-state index is -1.37. The standard InChI is InChI=1S/C39H45FN8O5/c1-23(49)45-11-9-26(10-12-45)31-6-4-5-27-14-33(47(35(27)31)19-24-7-8-24)37-43-32-13-28(38(50)46-21-29(40)16-30(22-46)53-39(41)51)15-34(52-3)36(32)48(37)20-25-17-42-44(2)18-25/h4-6,13-15,17-18,24,26,29-30H,7-12,16,19-22H2,1-3H3,(H2,41,51)/t29-,30-/m1/s1. The summed E-state index contributed by atoms with van der Waals surface area (Å²) >= 11 is 0. The Morgan fingerprint density at radius 2 is 1.79 bits per heavy atom. The third kappa shape index (κ3) is 6.82. The van der Waals surface area contributed by atoms with Crippen molar-refractivity contribution in [2.45, 2.75) is 70.3 Å². The molecule has 2 saturated heterocycles. The van der Waals surface area contributed by atoms with E-state index in [1.807, 2.05) is 24.3 Å². The van der Waals surface area contributed by atoms with Gasteiger partial charge in [-0.1, -0.05) is 18.2 Å². The van der Waals surface area contributed by atoms with Crippen LogP contribution in [0.2, 0.25) is 0 Å². The summed E-state index contributed by atoms with van der Waals surface area (Å²) in [6.45, 7) is 4.34. The molecule has 1 saturated carbocycles. The molecule has 0 unspecified atom stereocenters. The normalized spacial score (nSPS) is 19.6. The zero-order valence-electron chi connectivity index (χ0n) is 30.3. The number of primary amides is 1. The van der Waals surface area contributed by atoms with Crippen LogP contribution >= 0.6 is 0 Å². The number of amides is 3. The second-order valence-corrected chi connectivity index (χ2v) is 14.8. The minimum absolute atomic E-state index is 0.0225. The Morgan fingerprint density at radius 1 is 1.00 bits per heavy atom. The van der Waals surface area contributed by atoms with E-state index in [4.69, 9.17) is 20.2 Å². The molecule has 0 radical (unpaired) electrons. The minimum Gasteiger partial charge on any atom is -0.494 e. The van der Waals surface area contributed by atoms with Crippen molar-refractivity contribution in [3.8, 4) is 17.3 Å². The Morgan fingerprint density at radius 3 is 2.47 bits per heavy atom. The molecule has 2 aliphatic heterocycles. The van der Waals surface area contributed by atoms with E-state index in [1.165, 1.54) is 28.8 Å². The van der Waals surface area contributed by atoms with E-state index in [9.17, 15) is 18.8 Å². The molecule has 3 aromatic heterocycles. The van der Waals surface area contributed by atoms with Gasteiger partial charge in [0.25, 0.3) is 5.91 Å². The van der Waals surface area contributed by atoms with Gasteiger partial charge in [-0.3, -0.25) is 14.3 Å². The number of hydrogen-bond acceptors (Lipinski definition) is 7. The fraction of sp³-hybridized carbons (Fsp3) is 0.462. The van der Waals surface area contributed by atoms with E-state index in [1.54, 1.807) is 30.8 Å². The van der Waals surface area contributed by atoms with Crippen molar-refractivity contribution in [3.63, 3.8) is 0 Å². The lowest BCUT2D eigenvalue weighted by Crippen LogP contribution is -2.49. The second kappa shape index (κ2) is 13.9. The highest BCUT2D eigenvalue weighted by Crippen LogP contribution is 2.42. The molecule has 13 nitrogen and oxygen atoms in total. The van der Waals surface area contributed by atoms with Crippen LogP contribution in [-0.4, -0.2) is 97.2 Å². The molecule has 2 aromatic carbocycles. The van der Waals surface area contributed by atoms with Gasteiger partial charge in [-0.2, -0.15) is 5.10 Å². The van der Waals surface area contributed by atoms with Gasteiger partial charge >= 0.3 is 6.09 Å². The average molecular weight is 725 g/mol. The molecule has 8 rings (SSSR count). The molecule has 3 fully saturated rings. The van der Waals surface area contributed by atoms with Crippen molar-refractivity contribution < 1.29 is 28.2 Å². The molecule has 2 N–H and O–H groups in total. The monoisotopic (exact) mass is 724 g/mol. The van der Waals surface area contributed by atoms with Crippen molar-refractivity contribution in [3.05, 3.63) is 65.5 Å². The first kappa shape index (κ1) is 34.7. The zero-order chi connectivity index (χ0) is 37.0. The van der Waals surface area contributed by atoms with Gasteiger partial charge in [0.15, 0.2) is 5.82 Å². The van der Waals surface area contributed by atoms with Crippen molar-refractivity contribution in [2.24, 2.45) is 18.7 Å². The number of para-hydroxylation sites is 1. The van der Waals surface area contributed by atoms with E-state index in [2.05, 4.69) is 38.5 Å². The number of nitrogens with two attached hydrogens (primary N) is 1. The van der Waals surface area contributed by atoms with Gasteiger partial charge in [-0.15, -0.1) is 0 Å². The van der Waals surface area contributed by atoms with E-state index < -0.39 is 24.3 Å². The van der Waals surface area contributed by atoms with E-state index in [0.29, 0.717) is 29.6 Å². The molecule has 53 heavy (non-hydrogen) atoms. The summed E-state index contributed by atoms with van der Waals surface area (Å²) < 4.78 is 32.2. The van der Waals surface area contributed by atoms with Gasteiger partial charge in [0.1, 0.15) is 23.5 Å². The number of aryl methyl sites for hydroxylation is 1. The van der Waals surface area contributed by atoms with E-state index in [-0.39, 0.29) is 31.0 Å². The number of aromatic nitrogens is 5. The number of alkyl halides is 1. The highest BCUT2D eigenvalue weighted by molar-refractivity contribution is 6.00. The van der Waals surface area contributed by atoms with Crippen LogP contribution in [0.1, 0.15) is 66.4 Å². The summed E-state index contributed by atoms with van der Waals surface area (Å²) in [4.78, 5) is 46.1. The van der Waals surface area contributed by atoms with Crippen molar-refractivity contribution in [1.82, 2.24) is 33.7 Å². The van der Waals surface area contributed by atoms with Crippen LogP contribution in [0.5, 0.6) is 5.75 Å². The first-order valence-electron chi connectivity index (χ1n) is 18.4. The highest BCUT2D eigenvalue weighted by Gasteiger charge is 2.34. The van der Waals surface area contributed by atoms with Gasteiger partial charge in [0.2, 0.25) is 5.91 Å². The number of methoxy groups -OCH3 is 1. The number of rotatable bonds is 9. The first-order valence-corrected chi connectivity index (χ1v) is 18.4. The van der Waals surface area contributed by atoms with Crippen molar-refractivity contribution in [1.29, 1.82) is 0 Å². The lowest BCUT2D eigenvalue weighted by molar-refractivity contribution is -0.129. The predicted molar refractivity (Wildman–Crippen MR) is 196 cm³/mol. The molecule has 3 amide bonds. The molecule has 5 heterocycles. The summed E-state index contributed by atoms with van der Waals surface area (Å²) in [6.07, 6.45) is 4.73. The Kier molecular flexibility index (Phi) is 9.07. The summed E-state index contributed by atoms with van der Waals surface area (Å²) in [5.41, 5.74) is 11.2. The van der Waals surface area contributed by atoms with E-state index >= 15 is 0 Å². The van der Waals surface area contributed by atoms with Gasteiger partial charge in [-0.25, -0.2) is 14.2 Å². The number of piperidine rings is 2. The number of fused-ring (bicyclic) bond motifs is 2. The molecule has 0 spiro atoms. The lowest BCUT2D eigenvalue weighted by Gasteiger charge is -2.34. The summed E-state index contributed by atoms with van der Waals surface area (Å²) in [6, 6.07) is 12.2. The molecule has 0 bridgehead atoms. The lowest BCUT2D eigenvalue weighted by atomic mass is 9.88. The fourth-order valence-corrected chi connectivity index (χ4v) is 8.31. The average Bonchev–Trinajstić information content (AvgIpc) is 3.58. The van der Waals surface area contributed by atoms with E-state index in [0.717, 1.165) is 60.5 Å². The van der Waals surface area contributed by atoms with Crippen LogP contribution in [0.3, 0.4) is 0 Å². The number of imidazole rings is 1. The maximum atomic E-state index is 14.8. The number of nitrogens with zero attached hydrogens (tertiary/aromatic N) is 7. The Labute approximate surface area is 306 Å². The Balaban J connectivity index is 1.26. The zero-order valence-corrected chi connectivity index (χ0v) is 30.3. The molecule has 278 valence electrons. The number of benzene rings is 2. The summed E-state index contributed by atoms with van der Waals surface area (Å²) in [5, 5.41) is 5.56. The van der Waals surface area contributed by atoms with Crippen LogP contribution in [-0.2, 0) is 29.7 Å². The number of halogens is 1. The number of carbonyl (C=O) groups is 3. The quantitative estimate of drug-likeness (QED) is 0.219. The van der Waals surface area contributed by atoms with Gasteiger partial charge < -0.3 is 34.1 Å². The third-order valence-corrected chi connectivity index (χ3v) is 11.0. The smallest absolute Gasteiger partial charge is 0.404 e. The summed E-state index contributed by atoms with van der Waals surface area (Å²) in [7, 11) is 3.44. The number of hydrogen-bond donors (Lipinski definition) is 1. The fourth-order valence-electron chi connectivity index (χ4n) is 8.31. The maximum Gasteiger partial charge on any atom is 0.404 e. The van der Waals surface area contributed by atoms with Crippen LogP contribution in [0.4, 0.5) is 9.18 Å². The first-order chi connectivity index (χ1) is 25.6. The molecule has 1 aliphatic carbocycles. The predicted octanol–water partition coefficient (Wildman–Crippen LogP) is 5.23. The third-order valence-electron chi connectivity index (χ3n) is 11.0. The number of carbonyl (C=O) groups excluding carboxylic acids is 3. The SMILES string of the molecule is COc1cc(C(=O)N2C[C@H](F)C[C@@H](OC(N)=O)C2)cc2nc(-c3cc4cccc(C5CCN(C(C)=O)CC5)c4n3CC3CC3)n(Cc3cnn(C)c3)c12. The number of ether oxygens (including phenoxy) is 2. The van der Waals surface area contributed by atoms with Gasteiger partial charge in [0, 0.05) is 62.7 Å². The van der Waals surface area contributed by atoms with Crippen molar-refractivity contribution >= 4 is 39.8 Å². The summed E-state index contributed by atoms with van der Waals surface area (Å²) in [5.74, 6) is 1.78. The van der Waals surface area contributed by atoms with Crippen LogP contribution in [0.15, 0.2) is 48.8 Å². The highest BCUT2D eigenvalue weighted by atomic mass is 19.1. The van der Waals surface area contributed by atoms with Crippen LogP contribution in [0.25, 0.3) is 33.5 Å². The van der Waals surface area contributed by atoms with Crippen LogP contribution in [0, 0.1) is 5.92 Å². The second-order valence-electron chi connectivity index (χ2n) is 14.8. The molecule has 2 atom stereocenters. The Bertz CT molecular complexity index is 2210. The molecular weight excluding hydrogens is 679 g/mol. The molecular formula is C39H45FN8O5. The Hall–Kier alpha value is -5.40.